The molecule has 9 nitrogen and oxygen atoms in total. The van der Waals surface area contributed by atoms with Gasteiger partial charge in [-0.3, -0.25) is 14.5 Å². The van der Waals surface area contributed by atoms with E-state index in [0.29, 0.717) is 36.8 Å². The highest BCUT2D eigenvalue weighted by Gasteiger charge is 2.37. The Morgan fingerprint density at radius 3 is 2.54 bits per heavy atom. The third-order valence-corrected chi connectivity index (χ3v) is 6.86. The molecule has 9 heteroatoms. The van der Waals surface area contributed by atoms with Gasteiger partial charge >= 0.3 is 5.97 Å². The van der Waals surface area contributed by atoms with Gasteiger partial charge in [0, 0.05) is 24.1 Å². The van der Waals surface area contributed by atoms with Crippen LogP contribution in [-0.4, -0.2) is 75.1 Å². The van der Waals surface area contributed by atoms with E-state index in [1.807, 2.05) is 47.4 Å². The van der Waals surface area contributed by atoms with Crippen molar-refractivity contribution in [2.45, 2.75) is 32.2 Å². The molecule has 0 aliphatic carbocycles. The highest BCUT2D eigenvalue weighted by molar-refractivity contribution is 6.05. The van der Waals surface area contributed by atoms with Gasteiger partial charge in [0.2, 0.25) is 0 Å². The largest absolute Gasteiger partial charge is 0.497 e. The minimum absolute atomic E-state index is 0.149. The van der Waals surface area contributed by atoms with Crippen LogP contribution < -0.4 is 14.2 Å². The average molecular weight is 510 g/mol. The lowest BCUT2D eigenvalue weighted by Gasteiger charge is -2.32. The summed E-state index contributed by atoms with van der Waals surface area (Å²) in [4.78, 5) is 28.1. The number of amides is 1. The molecule has 0 radical (unpaired) electrons. The number of hydrogen-bond donors (Lipinski definition) is 0. The fourth-order valence-corrected chi connectivity index (χ4v) is 5.04. The summed E-state index contributed by atoms with van der Waals surface area (Å²) in [5.74, 6) is 1.45. The summed E-state index contributed by atoms with van der Waals surface area (Å²) in [6.07, 6.45) is 2.09. The summed E-state index contributed by atoms with van der Waals surface area (Å²) in [5.41, 5.74) is 2.41. The van der Waals surface area contributed by atoms with Crippen molar-refractivity contribution < 1.29 is 28.5 Å². The maximum absolute atomic E-state index is 13.7. The van der Waals surface area contributed by atoms with Crippen LogP contribution in [0, 0.1) is 5.92 Å². The van der Waals surface area contributed by atoms with E-state index in [9.17, 15) is 9.59 Å². The Morgan fingerprint density at radius 1 is 1.03 bits per heavy atom. The number of hydrazone groups is 1. The van der Waals surface area contributed by atoms with Gasteiger partial charge in [0.05, 0.1) is 52.2 Å². The number of methoxy groups -OCH3 is 3. The summed E-state index contributed by atoms with van der Waals surface area (Å²) in [6.45, 7) is 3.55. The summed E-state index contributed by atoms with van der Waals surface area (Å²) in [7, 11) is 4.84. The molecule has 37 heavy (non-hydrogen) atoms. The summed E-state index contributed by atoms with van der Waals surface area (Å²) in [5, 5.41) is 6.36. The van der Waals surface area contributed by atoms with Gasteiger partial charge in [-0.05, 0) is 56.6 Å². The summed E-state index contributed by atoms with van der Waals surface area (Å²) in [6, 6.07) is 12.8. The van der Waals surface area contributed by atoms with E-state index in [1.54, 1.807) is 33.3 Å². The van der Waals surface area contributed by atoms with Crippen molar-refractivity contribution in [1.82, 2.24) is 9.91 Å². The number of likely N-dealkylation sites (tertiary alicyclic amines) is 1. The second-order valence-electron chi connectivity index (χ2n) is 9.14. The van der Waals surface area contributed by atoms with Crippen LogP contribution in [0.4, 0.5) is 0 Å². The van der Waals surface area contributed by atoms with Crippen LogP contribution in [0.5, 0.6) is 17.2 Å². The van der Waals surface area contributed by atoms with E-state index in [-0.39, 0.29) is 30.4 Å². The van der Waals surface area contributed by atoms with Crippen LogP contribution in [-0.2, 0) is 14.3 Å². The first-order chi connectivity index (χ1) is 18.0. The van der Waals surface area contributed by atoms with Crippen molar-refractivity contribution in [3.8, 4) is 17.2 Å². The van der Waals surface area contributed by atoms with Gasteiger partial charge < -0.3 is 18.9 Å². The molecule has 1 saturated heterocycles. The molecule has 0 N–H and O–H groups in total. The third kappa shape index (κ3) is 5.88. The Hall–Kier alpha value is -3.59. The van der Waals surface area contributed by atoms with E-state index in [2.05, 4.69) is 0 Å². The van der Waals surface area contributed by atoms with E-state index in [1.165, 1.54) is 0 Å². The lowest BCUT2D eigenvalue weighted by molar-refractivity contribution is -0.150. The number of carbonyl (C=O) groups is 2. The molecule has 0 aromatic heterocycles. The fraction of sp³-hybridized carbons (Fsp3) is 0.464. The maximum atomic E-state index is 13.7. The van der Waals surface area contributed by atoms with Gasteiger partial charge in [0.15, 0.2) is 0 Å². The Labute approximate surface area is 217 Å². The highest BCUT2D eigenvalue weighted by Crippen LogP contribution is 2.40. The van der Waals surface area contributed by atoms with Crippen LogP contribution >= 0.6 is 0 Å². The van der Waals surface area contributed by atoms with Crippen molar-refractivity contribution in [1.29, 1.82) is 0 Å². The van der Waals surface area contributed by atoms with Crippen molar-refractivity contribution in [2.75, 3.05) is 47.6 Å². The number of nitrogens with zero attached hydrogens (tertiary/aromatic N) is 3. The molecule has 2 heterocycles. The SMILES string of the molecule is CCOC(=O)[C@@H]1CCCN(CC(=O)N2N=C(c3ccccc3OC)C[C@H]2c2cc(OC)ccc2OC)C1. The quantitative estimate of drug-likeness (QED) is 0.477. The number of carbonyl (C=O) groups excluding carboxylic acids is 2. The molecule has 0 spiro atoms. The predicted octanol–water partition coefficient (Wildman–Crippen LogP) is 3.67. The van der Waals surface area contributed by atoms with E-state index in [4.69, 9.17) is 24.0 Å². The number of esters is 1. The number of rotatable bonds is 9. The van der Waals surface area contributed by atoms with Crippen molar-refractivity contribution in [3.05, 3.63) is 53.6 Å². The molecular formula is C28H35N3O6. The normalized spacial score (nSPS) is 19.8. The zero-order chi connectivity index (χ0) is 26.4. The van der Waals surface area contributed by atoms with Gasteiger partial charge in [-0.25, -0.2) is 5.01 Å². The second kappa shape index (κ2) is 12.1. The Balaban J connectivity index is 1.64. The van der Waals surface area contributed by atoms with E-state index < -0.39 is 0 Å². The average Bonchev–Trinajstić information content (AvgIpc) is 3.38. The first-order valence-electron chi connectivity index (χ1n) is 12.6. The molecule has 2 aliphatic rings. The van der Waals surface area contributed by atoms with Gasteiger partial charge in [-0.1, -0.05) is 12.1 Å². The predicted molar refractivity (Wildman–Crippen MR) is 139 cm³/mol. The van der Waals surface area contributed by atoms with E-state index in [0.717, 1.165) is 36.2 Å². The number of piperidine rings is 1. The number of benzene rings is 2. The first kappa shape index (κ1) is 26.5. The fourth-order valence-electron chi connectivity index (χ4n) is 5.04. The Bertz CT molecular complexity index is 1150. The molecule has 2 aromatic rings. The van der Waals surface area contributed by atoms with Crippen molar-refractivity contribution in [3.63, 3.8) is 0 Å². The van der Waals surface area contributed by atoms with Gasteiger partial charge in [0.1, 0.15) is 17.2 Å². The van der Waals surface area contributed by atoms with E-state index >= 15 is 0 Å². The first-order valence-corrected chi connectivity index (χ1v) is 12.6. The Kier molecular flexibility index (Phi) is 8.66. The van der Waals surface area contributed by atoms with Crippen molar-refractivity contribution >= 4 is 17.6 Å². The van der Waals surface area contributed by atoms with Crippen LogP contribution in [0.1, 0.15) is 43.4 Å². The van der Waals surface area contributed by atoms with Crippen LogP contribution in [0.2, 0.25) is 0 Å². The monoisotopic (exact) mass is 509 g/mol. The number of hydrogen-bond acceptors (Lipinski definition) is 8. The minimum Gasteiger partial charge on any atom is -0.497 e. The van der Waals surface area contributed by atoms with Crippen LogP contribution in [0.25, 0.3) is 0 Å². The molecule has 0 bridgehead atoms. The van der Waals surface area contributed by atoms with Crippen molar-refractivity contribution in [2.24, 2.45) is 11.0 Å². The molecule has 0 unspecified atom stereocenters. The third-order valence-electron chi connectivity index (χ3n) is 6.86. The zero-order valence-corrected chi connectivity index (χ0v) is 21.9. The topological polar surface area (TPSA) is 89.9 Å². The highest BCUT2D eigenvalue weighted by atomic mass is 16.5. The molecule has 0 saturated carbocycles. The van der Waals surface area contributed by atoms with Gasteiger partial charge in [0.25, 0.3) is 5.91 Å². The van der Waals surface area contributed by atoms with Gasteiger partial charge in [-0.2, -0.15) is 5.10 Å². The Morgan fingerprint density at radius 2 is 1.81 bits per heavy atom. The number of ether oxygens (including phenoxy) is 4. The smallest absolute Gasteiger partial charge is 0.310 e. The molecule has 1 fully saturated rings. The lowest BCUT2D eigenvalue weighted by Crippen LogP contribution is -2.44. The number of para-hydroxylation sites is 1. The molecule has 2 aromatic carbocycles. The molecule has 198 valence electrons. The summed E-state index contributed by atoms with van der Waals surface area (Å²) < 4.78 is 21.9. The second-order valence-corrected chi connectivity index (χ2v) is 9.14. The lowest BCUT2D eigenvalue weighted by atomic mass is 9.96. The van der Waals surface area contributed by atoms with Crippen LogP contribution in [0.3, 0.4) is 0 Å². The zero-order valence-electron chi connectivity index (χ0n) is 21.9. The molecule has 2 aliphatic heterocycles. The minimum atomic E-state index is -0.386. The summed E-state index contributed by atoms with van der Waals surface area (Å²) >= 11 is 0. The standard InChI is InChI=1S/C28H35N3O6/c1-5-37-28(33)19-9-8-14-30(17-19)18-27(32)31-24(22-15-20(34-2)12-13-26(22)36-4)16-23(29-31)21-10-6-7-11-25(21)35-3/h6-7,10-13,15,19,24H,5,8-9,14,16-18H2,1-4H3/t19-,24+/m1/s1. The van der Waals surface area contributed by atoms with Gasteiger partial charge in [-0.15, -0.1) is 0 Å². The molecule has 2 atom stereocenters. The van der Waals surface area contributed by atoms with Crippen LogP contribution in [0.15, 0.2) is 47.6 Å². The maximum Gasteiger partial charge on any atom is 0.310 e. The molecule has 4 rings (SSSR count). The molecule has 1 amide bonds. The molecular weight excluding hydrogens is 474 g/mol.